The van der Waals surface area contributed by atoms with Gasteiger partial charge in [-0.05, 0) is 132 Å². The Bertz CT molecular complexity index is 3780. The first-order valence-corrected chi connectivity index (χ1v) is 26.5. The van der Waals surface area contributed by atoms with Crippen molar-refractivity contribution < 1.29 is 0 Å². The van der Waals surface area contributed by atoms with Gasteiger partial charge in [0.2, 0.25) is 0 Å². The molecule has 0 unspecified atom stereocenters. The lowest BCUT2D eigenvalue weighted by Gasteiger charge is -2.52. The van der Waals surface area contributed by atoms with Crippen LogP contribution in [0.2, 0.25) is 0 Å². The zero-order chi connectivity index (χ0) is 48.2. The number of para-hydroxylation sites is 2. The molecule has 71 heavy (non-hydrogen) atoms. The molecule has 4 aliphatic rings. The molecule has 0 fully saturated rings. The molecule has 9 aromatic carbocycles. The highest BCUT2D eigenvalue weighted by atomic mass is 32.1. The van der Waals surface area contributed by atoms with Crippen LogP contribution in [0.5, 0.6) is 0 Å². The molecule has 0 spiro atoms. The summed E-state index contributed by atoms with van der Waals surface area (Å²) in [6.07, 6.45) is 2.34. The number of rotatable bonds is 4. The van der Waals surface area contributed by atoms with Crippen LogP contribution < -0.4 is 20.0 Å². The van der Waals surface area contributed by atoms with Gasteiger partial charge < -0.3 is 9.71 Å². The van der Waals surface area contributed by atoms with E-state index >= 15 is 0 Å². The molecule has 10 aromatic rings. The van der Waals surface area contributed by atoms with Gasteiger partial charge in [0, 0.05) is 43.1 Å². The highest BCUT2D eigenvalue weighted by Crippen LogP contribution is 2.62. The van der Waals surface area contributed by atoms with Crippen LogP contribution in [0.25, 0.3) is 43.1 Å². The zero-order valence-corrected chi connectivity index (χ0v) is 42.6. The third-order valence-electron chi connectivity index (χ3n) is 17.1. The van der Waals surface area contributed by atoms with E-state index in [1.807, 2.05) is 11.3 Å². The average Bonchev–Trinajstić information content (AvgIpc) is 3.77. The SMILES string of the molecule is CC(C)(C)c1ccc(N2c3cc4ccccc4c4c3B(c3sc5cc6c(cc5c32)C(C)(C)CCC6(C)C)N2c3ccccc3C(c3ccccc3)(c3ccccc3)c3cccc-4c32)c(-c2ccccc2)c1. The van der Waals surface area contributed by atoms with E-state index in [2.05, 4.69) is 252 Å². The lowest BCUT2D eigenvalue weighted by Crippen LogP contribution is -2.62. The largest absolute Gasteiger partial charge is 0.375 e. The van der Waals surface area contributed by atoms with Crippen LogP contribution in [0.1, 0.15) is 100 Å². The van der Waals surface area contributed by atoms with Gasteiger partial charge in [0.25, 0.3) is 0 Å². The molecule has 0 saturated heterocycles. The fourth-order valence-corrected chi connectivity index (χ4v) is 14.8. The van der Waals surface area contributed by atoms with Crippen LogP contribution in [-0.2, 0) is 21.7 Å². The molecule has 2 nitrogen and oxygen atoms in total. The topological polar surface area (TPSA) is 6.48 Å². The zero-order valence-electron chi connectivity index (χ0n) is 41.8. The van der Waals surface area contributed by atoms with Gasteiger partial charge in [-0.25, -0.2) is 0 Å². The lowest BCUT2D eigenvalue weighted by atomic mass is 9.44. The summed E-state index contributed by atoms with van der Waals surface area (Å²) in [5, 5.41) is 3.89. The predicted molar refractivity (Wildman–Crippen MR) is 304 cm³/mol. The van der Waals surface area contributed by atoms with Crippen molar-refractivity contribution in [3.8, 4) is 22.3 Å². The molecule has 0 atom stereocenters. The quantitative estimate of drug-likeness (QED) is 0.162. The minimum absolute atomic E-state index is 0.0351. The number of benzene rings is 9. The molecule has 0 saturated carbocycles. The second-order valence-corrected chi connectivity index (χ2v) is 24.1. The Hall–Kier alpha value is -7.14. The Labute approximate surface area is 423 Å². The fourth-order valence-electron chi connectivity index (χ4n) is 13.5. The van der Waals surface area contributed by atoms with E-state index in [0.29, 0.717) is 0 Å². The standard InChI is InChI=1S/C67H57BN2S/c1-64(2,3)46-34-35-55(49(39-46)42-22-11-8-12-23-42)69-57-38-43-24-17-18-29-47(43)59-48-30-21-32-52-61(48)70(56-33-20-19-31-51(56)67(52,44-25-13-9-14-26-44)45-27-15-10-16-28-45)68(60(57)59)63-62(69)50-40-53-54(41-58(50)71-63)66(6,7)37-36-65(53,4)5/h8-35,38-41H,36-37H2,1-7H3. The van der Waals surface area contributed by atoms with Crippen LogP contribution >= 0.6 is 11.3 Å². The normalized spacial score (nSPS) is 16.5. The summed E-state index contributed by atoms with van der Waals surface area (Å²) in [6.45, 7) is 16.8. The Morgan fingerprint density at radius 2 is 1.11 bits per heavy atom. The summed E-state index contributed by atoms with van der Waals surface area (Å²) in [5.74, 6) is 0. The second-order valence-electron chi connectivity index (χ2n) is 23.0. The summed E-state index contributed by atoms with van der Waals surface area (Å²) >= 11 is 2.03. The smallest absolute Gasteiger partial charge is 0.343 e. The second kappa shape index (κ2) is 14.9. The van der Waals surface area contributed by atoms with Gasteiger partial charge in [0.15, 0.2) is 0 Å². The summed E-state index contributed by atoms with van der Waals surface area (Å²) in [4.78, 5) is 5.52. The van der Waals surface area contributed by atoms with Crippen LogP contribution in [-0.4, -0.2) is 6.85 Å². The molecule has 14 rings (SSSR count). The molecule has 0 radical (unpaired) electrons. The molecule has 4 heteroatoms. The molecular weight excluding hydrogens is 876 g/mol. The van der Waals surface area contributed by atoms with Crippen LogP contribution in [0.4, 0.5) is 28.4 Å². The highest BCUT2D eigenvalue weighted by Gasteiger charge is 2.55. The number of hydrogen-bond donors (Lipinski definition) is 0. The minimum Gasteiger partial charge on any atom is -0.375 e. The maximum atomic E-state index is 2.80. The Morgan fingerprint density at radius 3 is 1.82 bits per heavy atom. The number of hydrogen-bond acceptors (Lipinski definition) is 3. The van der Waals surface area contributed by atoms with E-state index in [0.717, 1.165) is 6.42 Å². The summed E-state index contributed by atoms with van der Waals surface area (Å²) in [5.41, 5.74) is 21.8. The van der Waals surface area contributed by atoms with Crippen molar-refractivity contribution in [1.29, 1.82) is 0 Å². The monoisotopic (exact) mass is 932 g/mol. The Kier molecular flexibility index (Phi) is 8.99. The van der Waals surface area contributed by atoms with Crippen molar-refractivity contribution in [2.45, 2.75) is 83.0 Å². The molecule has 0 amide bonds. The van der Waals surface area contributed by atoms with Gasteiger partial charge in [0.05, 0.1) is 16.8 Å². The maximum absolute atomic E-state index is 2.80. The molecule has 1 aromatic heterocycles. The van der Waals surface area contributed by atoms with Crippen LogP contribution in [0.3, 0.4) is 0 Å². The number of anilines is 5. The van der Waals surface area contributed by atoms with E-state index in [1.54, 1.807) is 0 Å². The summed E-state index contributed by atoms with van der Waals surface area (Å²) < 4.78 is 2.76. The lowest BCUT2D eigenvalue weighted by molar-refractivity contribution is 0.332. The third kappa shape index (κ3) is 5.89. The highest BCUT2D eigenvalue weighted by molar-refractivity contribution is 7.32. The Morgan fingerprint density at radius 1 is 0.493 bits per heavy atom. The molecule has 4 heterocycles. The van der Waals surface area contributed by atoms with Crippen molar-refractivity contribution in [2.24, 2.45) is 0 Å². The van der Waals surface area contributed by atoms with Gasteiger partial charge >= 0.3 is 6.85 Å². The van der Waals surface area contributed by atoms with Gasteiger partial charge in [-0.2, -0.15) is 0 Å². The number of fused-ring (bicyclic) bond motifs is 11. The molecular formula is C67H57BN2S. The van der Waals surface area contributed by atoms with Crippen molar-refractivity contribution in [3.05, 3.63) is 233 Å². The van der Waals surface area contributed by atoms with E-state index in [1.165, 1.54) is 127 Å². The predicted octanol–water partition coefficient (Wildman–Crippen LogP) is 16.8. The first-order valence-electron chi connectivity index (χ1n) is 25.7. The fraction of sp³-hybridized carbons (Fsp3) is 0.194. The van der Waals surface area contributed by atoms with Crippen molar-refractivity contribution >= 4 is 77.7 Å². The summed E-state index contributed by atoms with van der Waals surface area (Å²) in [7, 11) is 0. The first kappa shape index (κ1) is 42.7. The number of thiophene rings is 1. The van der Waals surface area contributed by atoms with Gasteiger partial charge in [-0.1, -0.05) is 206 Å². The van der Waals surface area contributed by atoms with Gasteiger partial charge in [0.1, 0.15) is 0 Å². The van der Waals surface area contributed by atoms with Crippen LogP contribution in [0.15, 0.2) is 194 Å². The van der Waals surface area contributed by atoms with E-state index < -0.39 is 5.41 Å². The Balaban J connectivity index is 1.18. The average molecular weight is 933 g/mol. The molecule has 3 aliphatic heterocycles. The van der Waals surface area contributed by atoms with E-state index in [-0.39, 0.29) is 23.1 Å². The van der Waals surface area contributed by atoms with Crippen LogP contribution in [0, 0.1) is 0 Å². The van der Waals surface area contributed by atoms with Crippen molar-refractivity contribution in [1.82, 2.24) is 0 Å². The van der Waals surface area contributed by atoms with E-state index in [9.17, 15) is 0 Å². The molecule has 1 aliphatic carbocycles. The first-order chi connectivity index (χ1) is 34.4. The molecule has 344 valence electrons. The third-order valence-corrected chi connectivity index (χ3v) is 18.3. The van der Waals surface area contributed by atoms with E-state index in [4.69, 9.17) is 0 Å². The van der Waals surface area contributed by atoms with Crippen molar-refractivity contribution in [2.75, 3.05) is 9.71 Å². The van der Waals surface area contributed by atoms with Gasteiger partial charge in [-0.15, -0.1) is 11.3 Å². The molecule has 0 bridgehead atoms. The molecule has 0 N–H and O–H groups in total. The van der Waals surface area contributed by atoms with Gasteiger partial charge in [-0.3, -0.25) is 0 Å². The number of nitrogens with zero attached hydrogens (tertiary/aromatic N) is 2. The maximum Gasteiger partial charge on any atom is 0.343 e. The minimum atomic E-state index is -0.578. The summed E-state index contributed by atoms with van der Waals surface area (Å²) in [6, 6.07) is 74.7. The van der Waals surface area contributed by atoms with Crippen molar-refractivity contribution in [3.63, 3.8) is 0 Å².